The van der Waals surface area contributed by atoms with Crippen LogP contribution < -0.4 is 5.43 Å². The third-order valence-corrected chi connectivity index (χ3v) is 4.27. The maximum absolute atomic E-state index is 9.23. The van der Waals surface area contributed by atoms with E-state index < -0.39 is 0 Å². The first-order chi connectivity index (χ1) is 12.2. The number of hydrogen-bond acceptors (Lipinski definition) is 6. The van der Waals surface area contributed by atoms with E-state index in [0.717, 1.165) is 16.7 Å². The average Bonchev–Trinajstić information content (AvgIpc) is 3.06. The van der Waals surface area contributed by atoms with E-state index in [4.69, 9.17) is 4.42 Å². The molecular weight excluding hydrogens is 332 g/mol. The summed E-state index contributed by atoms with van der Waals surface area (Å²) >= 11 is 1.69. The molecule has 3 aromatic rings. The van der Waals surface area contributed by atoms with E-state index in [1.54, 1.807) is 18.0 Å². The van der Waals surface area contributed by atoms with Gasteiger partial charge in [-0.25, -0.2) is 5.43 Å². The molecule has 5 nitrogen and oxygen atoms in total. The number of nitriles is 1. The molecule has 1 N–H and O–H groups in total. The van der Waals surface area contributed by atoms with Crippen LogP contribution in [0.25, 0.3) is 11.5 Å². The molecule has 3 rings (SSSR count). The van der Waals surface area contributed by atoms with Crippen LogP contribution in [0.15, 0.2) is 62.9 Å². The highest BCUT2D eigenvalue weighted by molar-refractivity contribution is 7.98. The van der Waals surface area contributed by atoms with Crippen LogP contribution in [0, 0.1) is 18.3 Å². The van der Waals surface area contributed by atoms with Crippen molar-refractivity contribution < 1.29 is 4.42 Å². The number of oxazole rings is 1. The van der Waals surface area contributed by atoms with E-state index in [2.05, 4.69) is 15.5 Å². The minimum Gasteiger partial charge on any atom is -0.417 e. The van der Waals surface area contributed by atoms with Crippen LogP contribution in [0.5, 0.6) is 0 Å². The van der Waals surface area contributed by atoms with Gasteiger partial charge in [-0.2, -0.15) is 15.3 Å². The number of hydrazone groups is 1. The van der Waals surface area contributed by atoms with Gasteiger partial charge in [0.2, 0.25) is 11.6 Å². The van der Waals surface area contributed by atoms with Gasteiger partial charge in [0.05, 0.1) is 6.21 Å². The van der Waals surface area contributed by atoms with Gasteiger partial charge < -0.3 is 4.42 Å². The molecule has 0 amide bonds. The minimum absolute atomic E-state index is 0.172. The van der Waals surface area contributed by atoms with Crippen LogP contribution in [0.1, 0.15) is 16.8 Å². The molecule has 0 bridgehead atoms. The SMILES string of the molecule is CSc1ccc(/C=N\Nc2oc(-c3ccc(C)cc3)nc2C#N)cc1. The van der Waals surface area contributed by atoms with E-state index in [9.17, 15) is 5.26 Å². The largest absolute Gasteiger partial charge is 0.417 e. The summed E-state index contributed by atoms with van der Waals surface area (Å²) in [5, 5.41) is 13.4. The summed E-state index contributed by atoms with van der Waals surface area (Å²) in [5.41, 5.74) is 5.83. The molecule has 6 heteroatoms. The maximum Gasteiger partial charge on any atom is 0.252 e. The molecule has 0 fully saturated rings. The summed E-state index contributed by atoms with van der Waals surface area (Å²) in [6, 6.07) is 17.8. The lowest BCUT2D eigenvalue weighted by Crippen LogP contribution is -1.91. The molecule has 0 unspecified atom stereocenters. The molecular formula is C19H16N4OS. The van der Waals surface area contributed by atoms with Crippen LogP contribution in [0.4, 0.5) is 5.88 Å². The number of rotatable bonds is 5. The van der Waals surface area contributed by atoms with Crippen LogP contribution in [0.3, 0.4) is 0 Å². The molecule has 0 aliphatic rings. The Morgan fingerprint density at radius 1 is 1.16 bits per heavy atom. The zero-order valence-electron chi connectivity index (χ0n) is 13.9. The maximum atomic E-state index is 9.23. The number of aryl methyl sites for hydroxylation is 1. The predicted molar refractivity (Wildman–Crippen MR) is 101 cm³/mol. The number of nitrogens with one attached hydrogen (secondary N) is 1. The third kappa shape index (κ3) is 4.08. The smallest absolute Gasteiger partial charge is 0.252 e. The van der Waals surface area contributed by atoms with Gasteiger partial charge in [-0.05, 0) is 43.0 Å². The third-order valence-electron chi connectivity index (χ3n) is 3.53. The highest BCUT2D eigenvalue weighted by Crippen LogP contribution is 2.25. The average molecular weight is 348 g/mol. The molecule has 1 heterocycles. The molecule has 0 saturated heterocycles. The van der Waals surface area contributed by atoms with Gasteiger partial charge in [0.1, 0.15) is 6.07 Å². The Kier molecular flexibility index (Phi) is 5.17. The van der Waals surface area contributed by atoms with E-state index >= 15 is 0 Å². The van der Waals surface area contributed by atoms with Crippen molar-refractivity contribution in [3.8, 4) is 17.5 Å². The lowest BCUT2D eigenvalue weighted by Gasteiger charge is -1.98. The molecule has 2 aromatic carbocycles. The van der Waals surface area contributed by atoms with Crippen LogP contribution in [-0.4, -0.2) is 17.5 Å². The molecule has 0 saturated carbocycles. The highest BCUT2D eigenvalue weighted by atomic mass is 32.2. The fraction of sp³-hybridized carbons (Fsp3) is 0.105. The monoisotopic (exact) mass is 348 g/mol. The first-order valence-corrected chi connectivity index (χ1v) is 8.83. The van der Waals surface area contributed by atoms with Gasteiger partial charge in [-0.1, -0.05) is 29.8 Å². The lowest BCUT2D eigenvalue weighted by molar-refractivity contribution is 0.587. The molecule has 25 heavy (non-hydrogen) atoms. The molecule has 0 atom stereocenters. The van der Waals surface area contributed by atoms with Gasteiger partial charge in [0.25, 0.3) is 5.88 Å². The first-order valence-electron chi connectivity index (χ1n) is 7.60. The van der Waals surface area contributed by atoms with Crippen LogP contribution in [0.2, 0.25) is 0 Å². The first kappa shape index (κ1) is 16.8. The van der Waals surface area contributed by atoms with Gasteiger partial charge in [0.15, 0.2) is 0 Å². The fourth-order valence-corrected chi connectivity index (χ4v) is 2.55. The second-order valence-electron chi connectivity index (χ2n) is 5.32. The summed E-state index contributed by atoms with van der Waals surface area (Å²) in [6.45, 7) is 2.01. The van der Waals surface area contributed by atoms with E-state index in [1.165, 1.54) is 4.90 Å². The Morgan fingerprint density at radius 2 is 1.88 bits per heavy atom. The topological polar surface area (TPSA) is 74.2 Å². The van der Waals surface area contributed by atoms with Crippen molar-refractivity contribution in [2.45, 2.75) is 11.8 Å². The van der Waals surface area contributed by atoms with Gasteiger partial charge >= 0.3 is 0 Å². The van der Waals surface area contributed by atoms with E-state index in [0.29, 0.717) is 5.89 Å². The van der Waals surface area contributed by atoms with E-state index in [1.807, 2.05) is 67.8 Å². The molecule has 124 valence electrons. The van der Waals surface area contributed by atoms with Crippen molar-refractivity contribution >= 4 is 23.9 Å². The zero-order chi connectivity index (χ0) is 17.6. The predicted octanol–water partition coefficient (Wildman–Crippen LogP) is 4.69. The van der Waals surface area contributed by atoms with Gasteiger partial charge in [0, 0.05) is 10.5 Å². The second kappa shape index (κ2) is 7.69. The Hall–Kier alpha value is -3.04. The molecule has 0 radical (unpaired) electrons. The fourth-order valence-electron chi connectivity index (χ4n) is 2.15. The molecule has 1 aromatic heterocycles. The molecule has 0 spiro atoms. The van der Waals surface area contributed by atoms with Crippen LogP contribution in [-0.2, 0) is 0 Å². The van der Waals surface area contributed by atoms with Crippen molar-refractivity contribution in [3.63, 3.8) is 0 Å². The number of benzene rings is 2. The van der Waals surface area contributed by atoms with Crippen molar-refractivity contribution in [2.75, 3.05) is 11.7 Å². The van der Waals surface area contributed by atoms with E-state index in [-0.39, 0.29) is 11.6 Å². The zero-order valence-corrected chi connectivity index (χ0v) is 14.7. The van der Waals surface area contributed by atoms with Crippen LogP contribution >= 0.6 is 11.8 Å². The number of aromatic nitrogens is 1. The molecule has 0 aliphatic carbocycles. The van der Waals surface area contributed by atoms with Crippen molar-refractivity contribution in [1.29, 1.82) is 5.26 Å². The second-order valence-corrected chi connectivity index (χ2v) is 6.20. The van der Waals surface area contributed by atoms with Gasteiger partial charge in [-0.15, -0.1) is 11.8 Å². The van der Waals surface area contributed by atoms with Crippen molar-refractivity contribution in [1.82, 2.24) is 4.98 Å². The Morgan fingerprint density at radius 3 is 2.52 bits per heavy atom. The minimum atomic E-state index is 0.172. The van der Waals surface area contributed by atoms with Crippen molar-refractivity contribution in [3.05, 3.63) is 65.4 Å². The van der Waals surface area contributed by atoms with Gasteiger partial charge in [-0.3, -0.25) is 0 Å². The standard InChI is InChI=1S/C19H16N4OS/c1-13-3-7-15(8-4-13)18-22-17(11-20)19(24-18)23-21-12-14-5-9-16(25-2)10-6-14/h3-10,12,23H,1-2H3/b21-12-. The Balaban J connectivity index is 1.76. The number of hydrogen-bond donors (Lipinski definition) is 1. The number of thioether (sulfide) groups is 1. The number of anilines is 1. The summed E-state index contributed by atoms with van der Waals surface area (Å²) in [4.78, 5) is 5.40. The van der Waals surface area contributed by atoms with Crippen molar-refractivity contribution in [2.24, 2.45) is 5.10 Å². The number of nitrogens with zero attached hydrogens (tertiary/aromatic N) is 3. The summed E-state index contributed by atoms with van der Waals surface area (Å²) < 4.78 is 5.64. The lowest BCUT2D eigenvalue weighted by atomic mass is 10.1. The summed E-state index contributed by atoms with van der Waals surface area (Å²) in [5.74, 6) is 0.619. The Bertz CT molecular complexity index is 922. The highest BCUT2D eigenvalue weighted by Gasteiger charge is 2.13. The Labute approximate surface area is 150 Å². The molecule has 0 aliphatic heterocycles. The summed E-state index contributed by atoms with van der Waals surface area (Å²) in [6.07, 6.45) is 3.70. The normalized spacial score (nSPS) is 10.8. The summed E-state index contributed by atoms with van der Waals surface area (Å²) in [7, 11) is 0. The quantitative estimate of drug-likeness (QED) is 0.411.